The molecule has 0 atom stereocenters. The summed E-state index contributed by atoms with van der Waals surface area (Å²) in [4.78, 5) is 36.4. The predicted octanol–water partition coefficient (Wildman–Crippen LogP) is 2.14. The van der Waals surface area contributed by atoms with Crippen LogP contribution in [0.4, 0.5) is 5.95 Å². The molecule has 9 heteroatoms. The van der Waals surface area contributed by atoms with E-state index in [1.807, 2.05) is 24.3 Å². The average Bonchev–Trinajstić information content (AvgIpc) is 2.79. The first-order valence-corrected chi connectivity index (χ1v) is 9.63. The Morgan fingerprint density at radius 2 is 1.81 bits per heavy atom. The number of para-hydroxylation sites is 1. The molecule has 2 aromatic heterocycles. The SMILES string of the molecule is COc1ccc(CCNc2ncc3c(=O)n(-c4ccccc4)c(=O)[nH]c3n2)cc1OC. The van der Waals surface area contributed by atoms with Gasteiger partial charge in [0.25, 0.3) is 5.56 Å². The number of ether oxygens (including phenoxy) is 2. The monoisotopic (exact) mass is 419 g/mol. The number of benzene rings is 2. The van der Waals surface area contributed by atoms with Crippen LogP contribution in [-0.2, 0) is 6.42 Å². The number of fused-ring (bicyclic) bond motifs is 1. The van der Waals surface area contributed by atoms with Crippen LogP contribution in [-0.4, -0.2) is 40.3 Å². The summed E-state index contributed by atoms with van der Waals surface area (Å²) in [6.07, 6.45) is 2.10. The van der Waals surface area contributed by atoms with Gasteiger partial charge < -0.3 is 14.8 Å². The summed E-state index contributed by atoms with van der Waals surface area (Å²) in [6, 6.07) is 14.4. The molecule has 0 spiro atoms. The molecule has 0 saturated carbocycles. The van der Waals surface area contributed by atoms with Crippen LogP contribution in [0.3, 0.4) is 0 Å². The molecule has 0 saturated heterocycles. The smallest absolute Gasteiger partial charge is 0.334 e. The number of aromatic nitrogens is 4. The van der Waals surface area contributed by atoms with Crippen LogP contribution >= 0.6 is 0 Å². The predicted molar refractivity (Wildman–Crippen MR) is 117 cm³/mol. The molecule has 4 aromatic rings. The lowest BCUT2D eigenvalue weighted by Gasteiger charge is -2.10. The number of methoxy groups -OCH3 is 2. The van der Waals surface area contributed by atoms with Crippen LogP contribution in [0, 0.1) is 0 Å². The highest BCUT2D eigenvalue weighted by molar-refractivity contribution is 5.73. The van der Waals surface area contributed by atoms with Crippen molar-refractivity contribution in [2.75, 3.05) is 26.1 Å². The van der Waals surface area contributed by atoms with Crippen molar-refractivity contribution in [2.45, 2.75) is 6.42 Å². The van der Waals surface area contributed by atoms with Crippen LogP contribution in [0.2, 0.25) is 0 Å². The van der Waals surface area contributed by atoms with E-state index in [9.17, 15) is 9.59 Å². The fourth-order valence-corrected chi connectivity index (χ4v) is 3.26. The molecule has 0 fully saturated rings. The number of H-pyrrole nitrogens is 1. The molecule has 4 rings (SSSR count). The maximum Gasteiger partial charge on any atom is 0.334 e. The molecular formula is C22H21N5O4. The maximum absolute atomic E-state index is 12.8. The van der Waals surface area contributed by atoms with Crippen molar-refractivity contribution in [2.24, 2.45) is 0 Å². The molecule has 0 radical (unpaired) electrons. The second kappa shape index (κ2) is 8.70. The molecule has 9 nitrogen and oxygen atoms in total. The molecule has 0 aliphatic heterocycles. The first kappa shape index (κ1) is 20.1. The van der Waals surface area contributed by atoms with Crippen molar-refractivity contribution >= 4 is 17.0 Å². The summed E-state index contributed by atoms with van der Waals surface area (Å²) in [7, 11) is 3.18. The Hall–Kier alpha value is -4.14. The normalized spacial score (nSPS) is 10.8. The minimum atomic E-state index is -0.557. The minimum Gasteiger partial charge on any atom is -0.493 e. The van der Waals surface area contributed by atoms with Gasteiger partial charge in [0.05, 0.1) is 19.9 Å². The zero-order chi connectivity index (χ0) is 21.8. The van der Waals surface area contributed by atoms with Crippen LogP contribution < -0.4 is 26.0 Å². The number of hydrogen-bond donors (Lipinski definition) is 2. The highest BCUT2D eigenvalue weighted by Crippen LogP contribution is 2.27. The molecule has 0 bridgehead atoms. The van der Waals surface area contributed by atoms with Crippen LogP contribution in [0.5, 0.6) is 11.5 Å². The van der Waals surface area contributed by atoms with E-state index in [0.29, 0.717) is 36.1 Å². The summed E-state index contributed by atoms with van der Waals surface area (Å²) >= 11 is 0. The molecular weight excluding hydrogens is 398 g/mol. The van der Waals surface area contributed by atoms with Gasteiger partial charge in [0.15, 0.2) is 17.1 Å². The number of anilines is 1. The van der Waals surface area contributed by atoms with Gasteiger partial charge in [-0.1, -0.05) is 24.3 Å². The molecule has 2 N–H and O–H groups in total. The molecule has 0 unspecified atom stereocenters. The van der Waals surface area contributed by atoms with Gasteiger partial charge in [0.2, 0.25) is 5.95 Å². The van der Waals surface area contributed by atoms with E-state index in [1.54, 1.807) is 38.5 Å². The fraction of sp³-hybridized carbons (Fsp3) is 0.182. The van der Waals surface area contributed by atoms with Crippen molar-refractivity contribution in [1.29, 1.82) is 0 Å². The summed E-state index contributed by atoms with van der Waals surface area (Å²) in [5.74, 6) is 1.65. The summed E-state index contributed by atoms with van der Waals surface area (Å²) in [6.45, 7) is 0.548. The number of aromatic amines is 1. The Balaban J connectivity index is 1.54. The zero-order valence-corrected chi connectivity index (χ0v) is 17.1. The Morgan fingerprint density at radius 1 is 1.03 bits per heavy atom. The summed E-state index contributed by atoms with van der Waals surface area (Å²) in [5, 5.41) is 3.34. The van der Waals surface area contributed by atoms with Gasteiger partial charge in [-0.05, 0) is 36.2 Å². The van der Waals surface area contributed by atoms with E-state index in [4.69, 9.17) is 9.47 Å². The molecule has 0 aliphatic rings. The molecule has 31 heavy (non-hydrogen) atoms. The second-order valence-corrected chi connectivity index (χ2v) is 6.73. The lowest BCUT2D eigenvalue weighted by atomic mass is 10.1. The Labute approximate surface area is 177 Å². The third-order valence-corrected chi connectivity index (χ3v) is 4.81. The quantitative estimate of drug-likeness (QED) is 0.472. The van der Waals surface area contributed by atoms with E-state index in [0.717, 1.165) is 10.1 Å². The molecule has 0 amide bonds. The number of nitrogens with zero attached hydrogens (tertiary/aromatic N) is 3. The van der Waals surface area contributed by atoms with Gasteiger partial charge in [0.1, 0.15) is 5.39 Å². The highest BCUT2D eigenvalue weighted by Gasteiger charge is 2.11. The van der Waals surface area contributed by atoms with E-state index in [2.05, 4.69) is 20.3 Å². The summed E-state index contributed by atoms with van der Waals surface area (Å²) in [5.41, 5.74) is 0.684. The number of rotatable bonds is 7. The number of nitrogens with one attached hydrogen (secondary N) is 2. The minimum absolute atomic E-state index is 0.186. The average molecular weight is 419 g/mol. The van der Waals surface area contributed by atoms with Gasteiger partial charge in [0, 0.05) is 12.7 Å². The van der Waals surface area contributed by atoms with Gasteiger partial charge in [-0.15, -0.1) is 0 Å². The standard InChI is InChI=1S/C22H21N5O4/c1-30-17-9-8-14(12-18(17)31-2)10-11-23-21-24-13-16-19(25-21)26-22(29)27(20(16)28)15-6-4-3-5-7-15/h3-9,12-13H,10-11H2,1-2H3,(H2,23,24,25,26,29). The van der Waals surface area contributed by atoms with Gasteiger partial charge >= 0.3 is 5.69 Å². The second-order valence-electron chi connectivity index (χ2n) is 6.73. The summed E-state index contributed by atoms with van der Waals surface area (Å²) < 4.78 is 11.6. The van der Waals surface area contributed by atoms with Crippen molar-refractivity contribution in [3.8, 4) is 17.2 Å². The van der Waals surface area contributed by atoms with Crippen molar-refractivity contribution in [3.05, 3.63) is 81.1 Å². The first-order chi connectivity index (χ1) is 15.1. The van der Waals surface area contributed by atoms with Crippen molar-refractivity contribution in [1.82, 2.24) is 19.5 Å². The largest absolute Gasteiger partial charge is 0.493 e. The van der Waals surface area contributed by atoms with Gasteiger partial charge in [-0.25, -0.2) is 14.3 Å². The lowest BCUT2D eigenvalue weighted by molar-refractivity contribution is 0.354. The zero-order valence-electron chi connectivity index (χ0n) is 17.1. The first-order valence-electron chi connectivity index (χ1n) is 9.63. The lowest BCUT2D eigenvalue weighted by Crippen LogP contribution is -2.34. The van der Waals surface area contributed by atoms with Gasteiger partial charge in [-0.2, -0.15) is 4.98 Å². The van der Waals surface area contributed by atoms with E-state index < -0.39 is 11.2 Å². The topological polar surface area (TPSA) is 111 Å². The van der Waals surface area contributed by atoms with Gasteiger partial charge in [-0.3, -0.25) is 9.78 Å². The van der Waals surface area contributed by atoms with Crippen LogP contribution in [0.15, 0.2) is 64.3 Å². The van der Waals surface area contributed by atoms with Crippen molar-refractivity contribution in [3.63, 3.8) is 0 Å². The maximum atomic E-state index is 12.8. The van der Waals surface area contributed by atoms with E-state index in [1.165, 1.54) is 6.20 Å². The fourth-order valence-electron chi connectivity index (χ4n) is 3.26. The Bertz CT molecular complexity index is 1330. The van der Waals surface area contributed by atoms with Crippen molar-refractivity contribution < 1.29 is 9.47 Å². The third kappa shape index (κ3) is 4.11. The van der Waals surface area contributed by atoms with E-state index in [-0.39, 0.29) is 11.0 Å². The Morgan fingerprint density at radius 3 is 2.55 bits per heavy atom. The highest BCUT2D eigenvalue weighted by atomic mass is 16.5. The molecule has 2 heterocycles. The molecule has 158 valence electrons. The molecule has 2 aromatic carbocycles. The third-order valence-electron chi connectivity index (χ3n) is 4.81. The van der Waals surface area contributed by atoms with Crippen LogP contribution in [0.25, 0.3) is 16.7 Å². The molecule has 0 aliphatic carbocycles. The number of hydrogen-bond acceptors (Lipinski definition) is 7. The Kier molecular flexibility index (Phi) is 5.65. The van der Waals surface area contributed by atoms with Crippen LogP contribution in [0.1, 0.15) is 5.56 Å². The van der Waals surface area contributed by atoms with E-state index >= 15 is 0 Å².